The van der Waals surface area contributed by atoms with Crippen LogP contribution in [-0.2, 0) is 20.9 Å². The van der Waals surface area contributed by atoms with Gasteiger partial charge in [-0.3, -0.25) is 43.9 Å². The van der Waals surface area contributed by atoms with Gasteiger partial charge in [-0.05, 0) is 107 Å². The van der Waals surface area contributed by atoms with E-state index in [9.17, 15) is 28.8 Å². The molecular weight excluding hydrogens is 849 g/mol. The van der Waals surface area contributed by atoms with Gasteiger partial charge in [0, 0.05) is 105 Å². The number of methoxy groups -OCH3 is 2. The number of carbonyl (C=O) groups is 6. The van der Waals surface area contributed by atoms with Crippen LogP contribution < -0.4 is 25.0 Å². The topological polar surface area (TPSA) is 164 Å². The molecule has 5 heterocycles. The summed E-state index contributed by atoms with van der Waals surface area (Å²) in [5, 5.41) is 5.12. The lowest BCUT2D eigenvalue weighted by Gasteiger charge is -2.59. The summed E-state index contributed by atoms with van der Waals surface area (Å²) in [6.07, 6.45) is 7.38. The van der Waals surface area contributed by atoms with Gasteiger partial charge in [-0.1, -0.05) is 0 Å². The molecule has 17 heteroatoms. The summed E-state index contributed by atoms with van der Waals surface area (Å²) in [7, 11) is 11.3. The number of piperazine rings is 1. The normalized spacial score (nSPS) is 19.9. The molecule has 5 amide bonds. The third-order valence-electron chi connectivity index (χ3n) is 12.9. The largest absolute Gasteiger partial charge is 0.496 e. The lowest BCUT2D eigenvalue weighted by Crippen LogP contribution is -2.66. The Kier molecular flexibility index (Phi) is 14.8. The van der Waals surface area contributed by atoms with Crippen molar-refractivity contribution >= 4 is 58.9 Å². The number of anilines is 1. The number of piperidine rings is 1. The molecular formula is C48H62N8O8S. The highest BCUT2D eigenvalue weighted by Gasteiger charge is 2.52. The Hall–Kier alpha value is -5.62. The van der Waals surface area contributed by atoms with Gasteiger partial charge in [0.25, 0.3) is 11.8 Å². The molecule has 1 aromatic heterocycles. The molecule has 1 atom stereocenters. The van der Waals surface area contributed by atoms with Gasteiger partial charge < -0.3 is 34.4 Å². The van der Waals surface area contributed by atoms with Gasteiger partial charge in [-0.2, -0.15) is 0 Å². The number of likely N-dealkylation sites (tertiary alicyclic amines) is 1. The molecule has 1 aliphatic carbocycles. The van der Waals surface area contributed by atoms with Crippen LogP contribution in [0.25, 0.3) is 5.57 Å². The molecule has 8 rings (SSSR count). The number of hydrogen-bond acceptors (Lipinski definition) is 14. The van der Waals surface area contributed by atoms with Gasteiger partial charge in [-0.25, -0.2) is 0 Å². The zero-order valence-electron chi connectivity index (χ0n) is 38.6. The van der Waals surface area contributed by atoms with E-state index < -0.39 is 23.8 Å². The summed E-state index contributed by atoms with van der Waals surface area (Å²) in [4.78, 5) is 86.3. The van der Waals surface area contributed by atoms with E-state index in [1.54, 1.807) is 37.7 Å². The molecule has 2 N–H and O–H groups in total. The molecule has 65 heavy (non-hydrogen) atoms. The van der Waals surface area contributed by atoms with Gasteiger partial charge >= 0.3 is 0 Å². The lowest BCUT2D eigenvalue weighted by molar-refractivity contribution is -0.136. The number of fused-ring (bicyclic) bond motifs is 1. The van der Waals surface area contributed by atoms with Gasteiger partial charge in [0.15, 0.2) is 6.29 Å². The average molecular weight is 911 g/mol. The van der Waals surface area contributed by atoms with Crippen LogP contribution in [0.1, 0.15) is 84.1 Å². The predicted octanol–water partition coefficient (Wildman–Crippen LogP) is 3.71. The Morgan fingerprint density at radius 3 is 2.15 bits per heavy atom. The SMILES string of the molecule is COc1cc(/C(=C/N(C)C)c2sc(C)cc2C=O)cc(OC)c1CN(C)C.O=CNC1CC2(C1)CN(CCCN1CCN(c3ccc4c(c3)C(=O)N(C3CCC(=O)NC3=O)C4=O)CC1)C2. The van der Waals surface area contributed by atoms with Crippen LogP contribution in [0.2, 0.25) is 0 Å². The number of benzene rings is 2. The quantitative estimate of drug-likeness (QED) is 0.158. The van der Waals surface area contributed by atoms with Crippen LogP contribution in [0.3, 0.4) is 0 Å². The Bertz CT molecular complexity index is 2300. The summed E-state index contributed by atoms with van der Waals surface area (Å²) < 4.78 is 11.3. The fourth-order valence-corrected chi connectivity index (χ4v) is 10.9. The van der Waals surface area contributed by atoms with E-state index in [1.807, 2.05) is 70.5 Å². The van der Waals surface area contributed by atoms with Crippen molar-refractivity contribution in [3.05, 3.63) is 80.2 Å². The van der Waals surface area contributed by atoms with Crippen LogP contribution in [0.15, 0.2) is 42.6 Å². The lowest BCUT2D eigenvalue weighted by atomic mass is 9.60. The van der Waals surface area contributed by atoms with Crippen molar-refractivity contribution < 1.29 is 38.2 Å². The number of imide groups is 2. The molecule has 16 nitrogen and oxygen atoms in total. The van der Waals surface area contributed by atoms with Crippen LogP contribution >= 0.6 is 11.3 Å². The van der Waals surface area contributed by atoms with Crippen LogP contribution in [0, 0.1) is 12.3 Å². The molecule has 0 radical (unpaired) electrons. The van der Waals surface area contributed by atoms with Gasteiger partial charge in [0.1, 0.15) is 17.5 Å². The molecule has 4 aliphatic heterocycles. The number of amides is 5. The third kappa shape index (κ3) is 10.4. The molecule has 1 spiro atoms. The number of rotatable bonds is 16. The maximum Gasteiger partial charge on any atom is 0.262 e. The van der Waals surface area contributed by atoms with Crippen LogP contribution in [-0.4, -0.2) is 168 Å². The number of carbonyl (C=O) groups excluding carboxylic acids is 6. The van der Waals surface area contributed by atoms with E-state index in [2.05, 4.69) is 30.2 Å². The highest BCUT2D eigenvalue weighted by atomic mass is 32.1. The zero-order valence-corrected chi connectivity index (χ0v) is 39.4. The van der Waals surface area contributed by atoms with Crippen molar-refractivity contribution in [2.75, 3.05) is 99.7 Å². The summed E-state index contributed by atoms with van der Waals surface area (Å²) in [5.41, 5.74) is 5.60. The molecule has 0 bridgehead atoms. The number of nitrogens with zero attached hydrogens (tertiary/aromatic N) is 6. The Balaban J connectivity index is 0.000000207. The molecule has 5 aliphatic rings. The third-order valence-corrected chi connectivity index (χ3v) is 14.0. The summed E-state index contributed by atoms with van der Waals surface area (Å²) in [5.74, 6) is -0.379. The monoisotopic (exact) mass is 910 g/mol. The van der Waals surface area contributed by atoms with Crippen molar-refractivity contribution in [3.8, 4) is 11.5 Å². The first kappa shape index (κ1) is 47.3. The van der Waals surface area contributed by atoms with Crippen molar-refractivity contribution in [1.29, 1.82) is 0 Å². The summed E-state index contributed by atoms with van der Waals surface area (Å²) in [6.45, 7) is 10.8. The molecule has 3 saturated heterocycles. The first-order valence-corrected chi connectivity index (χ1v) is 23.1. The van der Waals surface area contributed by atoms with E-state index >= 15 is 0 Å². The number of hydrogen-bond donors (Lipinski definition) is 2. The fourth-order valence-electron chi connectivity index (χ4n) is 9.89. The average Bonchev–Trinajstić information content (AvgIpc) is 3.75. The number of nitrogens with one attached hydrogen (secondary N) is 2. The maximum atomic E-state index is 13.1. The molecule has 3 aromatic rings. The maximum absolute atomic E-state index is 13.1. The van der Waals surface area contributed by atoms with Gasteiger partial charge in [0.2, 0.25) is 18.2 Å². The van der Waals surface area contributed by atoms with Crippen molar-refractivity contribution in [1.82, 2.24) is 35.1 Å². The minimum Gasteiger partial charge on any atom is -0.496 e. The van der Waals surface area contributed by atoms with E-state index in [0.29, 0.717) is 34.7 Å². The Morgan fingerprint density at radius 2 is 1.55 bits per heavy atom. The molecule has 1 saturated carbocycles. The summed E-state index contributed by atoms with van der Waals surface area (Å²) in [6, 6.07) is 10.7. The van der Waals surface area contributed by atoms with Crippen molar-refractivity contribution in [2.24, 2.45) is 5.41 Å². The standard InChI is InChI=1S/C27H34N6O5.C21H28N2O3S/c34-17-28-18-13-27(14-18)15-31(16-27)7-1-6-30-8-10-32(11-9-30)19-2-3-20-21(12-19)26(38)33(25(20)37)22-4-5-23(35)29-24(22)36;1-14-8-16(13-24)21(27-14)17(11-22(2)3)15-9-19(25-6)18(12-23(4)5)20(10-15)26-7/h2-3,12,17-18,22H,1,4-11,13-16H2,(H,28,34)(H,29,35,36);8-11,13H,12H2,1-7H3/b;17-11-. The van der Waals surface area contributed by atoms with Crippen LogP contribution in [0.5, 0.6) is 11.5 Å². The summed E-state index contributed by atoms with van der Waals surface area (Å²) >= 11 is 1.61. The van der Waals surface area contributed by atoms with Crippen molar-refractivity contribution in [3.63, 3.8) is 0 Å². The minimum atomic E-state index is -0.945. The Labute approximate surface area is 385 Å². The van der Waals surface area contributed by atoms with Crippen molar-refractivity contribution in [2.45, 2.75) is 57.7 Å². The second-order valence-electron chi connectivity index (χ2n) is 18.3. The van der Waals surface area contributed by atoms with E-state index in [1.165, 1.54) is 0 Å². The first-order chi connectivity index (χ1) is 31.2. The van der Waals surface area contributed by atoms with Crippen LogP contribution in [0.4, 0.5) is 5.69 Å². The predicted molar refractivity (Wildman–Crippen MR) is 250 cm³/mol. The Morgan fingerprint density at radius 1 is 0.892 bits per heavy atom. The van der Waals surface area contributed by atoms with E-state index in [4.69, 9.17) is 9.47 Å². The molecule has 2 aromatic carbocycles. The minimum absolute atomic E-state index is 0.110. The van der Waals surface area contributed by atoms with E-state index in [0.717, 1.165) is 133 Å². The van der Waals surface area contributed by atoms with Gasteiger partial charge in [0.05, 0.1) is 30.9 Å². The second-order valence-corrected chi connectivity index (χ2v) is 19.6. The highest BCUT2D eigenvalue weighted by Crippen LogP contribution is 2.48. The molecule has 348 valence electrons. The second kappa shape index (κ2) is 20.3. The smallest absolute Gasteiger partial charge is 0.262 e. The molecule has 1 unspecified atom stereocenters. The van der Waals surface area contributed by atoms with Gasteiger partial charge in [-0.15, -0.1) is 11.3 Å². The number of aldehydes is 1. The number of thiophene rings is 1. The number of aryl methyl sites for hydroxylation is 1. The first-order valence-electron chi connectivity index (χ1n) is 22.3. The highest BCUT2D eigenvalue weighted by molar-refractivity contribution is 7.13. The zero-order chi connectivity index (χ0) is 46.6. The van der Waals surface area contributed by atoms with E-state index in [-0.39, 0.29) is 18.7 Å². The molecule has 4 fully saturated rings. The fraction of sp³-hybridized carbons (Fsp3) is 0.500. The number of ether oxygens (including phenoxy) is 2.